The van der Waals surface area contributed by atoms with E-state index >= 15 is 0 Å². The van der Waals surface area contributed by atoms with Crippen molar-refractivity contribution in [1.82, 2.24) is 0 Å². The van der Waals surface area contributed by atoms with Crippen molar-refractivity contribution in [2.24, 2.45) is 0 Å². The molecule has 0 aliphatic carbocycles. The van der Waals surface area contributed by atoms with E-state index in [4.69, 9.17) is 7.85 Å². The molecule has 0 amide bonds. The van der Waals surface area contributed by atoms with E-state index in [0.29, 0.717) is 0 Å². The molecule has 1 rings (SSSR count). The third-order valence-electron chi connectivity index (χ3n) is 0.800. The van der Waals surface area contributed by atoms with E-state index in [1.54, 1.807) is 0 Å². The Kier molecular flexibility index (Phi) is 12.0. The Balaban J connectivity index is 0. The minimum absolute atomic E-state index is 0. The fourth-order valence-electron chi connectivity index (χ4n) is 0.453. The molecule has 0 aliphatic heterocycles. The summed E-state index contributed by atoms with van der Waals surface area (Å²) in [5.41, 5.74) is 0.822. The van der Waals surface area contributed by atoms with E-state index in [1.165, 1.54) is 0 Å². The fraction of sp³-hybridized carbons (Fsp3) is 0.333. The summed E-state index contributed by atoms with van der Waals surface area (Å²) in [6.45, 7) is 6.81. The Bertz CT molecular complexity index is 174. The van der Waals surface area contributed by atoms with E-state index in [9.17, 15) is 0 Å². The number of rotatable bonds is 0. The largest absolute Gasteiger partial charge is 1.00 e. The van der Waals surface area contributed by atoms with E-state index in [1.807, 2.05) is 30.3 Å². The van der Waals surface area contributed by atoms with Crippen molar-refractivity contribution in [2.45, 2.75) is 19.6 Å². The van der Waals surface area contributed by atoms with Gasteiger partial charge in [-0.2, -0.15) is 19.6 Å². The van der Waals surface area contributed by atoms with Gasteiger partial charge in [0.25, 0.3) is 0 Å². The van der Waals surface area contributed by atoms with Gasteiger partial charge in [-0.1, -0.05) is 35.8 Å². The predicted octanol–water partition coefficient (Wildman–Crippen LogP) is -1.14. The molecule has 0 spiro atoms. The first-order valence-electron chi connectivity index (χ1n) is 3.70. The van der Waals surface area contributed by atoms with Crippen LogP contribution in [0.3, 0.4) is 0 Å². The van der Waals surface area contributed by atoms with Gasteiger partial charge in [0.1, 0.15) is 7.85 Å². The summed E-state index contributed by atoms with van der Waals surface area (Å²) in [6.07, 6.45) is 0. The maximum Gasteiger partial charge on any atom is 1.00 e. The summed E-state index contributed by atoms with van der Waals surface area (Å²) in [4.78, 5) is 0. The molecule has 1 aromatic rings. The van der Waals surface area contributed by atoms with Crippen LogP contribution in [-0.2, 0) is 0 Å². The van der Waals surface area contributed by atoms with Gasteiger partial charge in [-0.25, -0.2) is 0 Å². The predicted molar refractivity (Wildman–Crippen MR) is 55.2 cm³/mol. The standard InChI is InChI=1S/C6H5B.C3H9Si.Na/c7-6-4-2-1-3-5-6;1-4(2)3;/h1-5H;1-3H3;/q;-1;+1. The van der Waals surface area contributed by atoms with E-state index in [-0.39, 0.29) is 38.4 Å². The van der Waals surface area contributed by atoms with Crippen molar-refractivity contribution < 1.29 is 29.6 Å². The second-order valence-electron chi connectivity index (χ2n) is 2.91. The minimum atomic E-state index is 0. The molecular formula is C9H14BNaSi. The zero-order chi connectivity index (χ0) is 8.69. The zero-order valence-electron chi connectivity index (χ0n) is 8.46. The van der Waals surface area contributed by atoms with Crippen LogP contribution in [-0.4, -0.2) is 16.6 Å². The van der Waals surface area contributed by atoms with Gasteiger partial charge in [0.2, 0.25) is 0 Å². The number of hydrogen-bond donors (Lipinski definition) is 0. The summed E-state index contributed by atoms with van der Waals surface area (Å²) < 4.78 is 0. The van der Waals surface area contributed by atoms with Gasteiger partial charge in [-0.05, 0) is 0 Å². The molecule has 0 unspecified atom stereocenters. The molecule has 0 atom stereocenters. The first kappa shape index (κ1) is 15.0. The van der Waals surface area contributed by atoms with Crippen molar-refractivity contribution >= 4 is 22.1 Å². The normalized spacial score (nSPS) is 8.00. The van der Waals surface area contributed by atoms with Crippen molar-refractivity contribution in [3.05, 3.63) is 30.3 Å². The van der Waals surface area contributed by atoms with E-state index < -0.39 is 0 Å². The molecule has 0 aromatic heterocycles. The quantitative estimate of drug-likeness (QED) is 0.447. The molecule has 0 aliphatic rings. The summed E-state index contributed by atoms with van der Waals surface area (Å²) in [7, 11) is 5.48. The van der Waals surface area contributed by atoms with Crippen molar-refractivity contribution in [3.63, 3.8) is 0 Å². The summed E-state index contributed by atoms with van der Waals surface area (Å²) in [5, 5.41) is 0. The molecule has 0 bridgehead atoms. The average molecular weight is 184 g/mol. The second-order valence-corrected chi connectivity index (χ2v) is 5.91. The molecule has 0 fully saturated rings. The molecule has 1 aromatic carbocycles. The van der Waals surface area contributed by atoms with E-state index in [2.05, 4.69) is 19.6 Å². The Morgan fingerprint density at radius 3 is 1.50 bits per heavy atom. The van der Waals surface area contributed by atoms with Crippen LogP contribution in [0.4, 0.5) is 0 Å². The molecular weight excluding hydrogens is 170 g/mol. The fourth-order valence-corrected chi connectivity index (χ4v) is 0.453. The van der Waals surface area contributed by atoms with Gasteiger partial charge in [-0.15, -0.1) is 0 Å². The maximum absolute atomic E-state index is 5.36. The van der Waals surface area contributed by atoms with Gasteiger partial charge >= 0.3 is 29.6 Å². The van der Waals surface area contributed by atoms with Gasteiger partial charge in [0.05, 0.1) is 0 Å². The maximum atomic E-state index is 5.36. The van der Waals surface area contributed by atoms with Gasteiger partial charge < -0.3 is 0 Å². The van der Waals surface area contributed by atoms with E-state index in [0.717, 1.165) is 5.46 Å². The minimum Gasteiger partial charge on any atom is -0.271 e. The number of hydrogen-bond acceptors (Lipinski definition) is 0. The van der Waals surface area contributed by atoms with Crippen molar-refractivity contribution in [3.8, 4) is 0 Å². The van der Waals surface area contributed by atoms with Crippen LogP contribution in [0.2, 0.25) is 19.6 Å². The SMILES string of the molecule is C[Si-](C)C.[B]c1ccccc1.[Na+]. The molecule has 0 heterocycles. The topological polar surface area (TPSA) is 0 Å². The van der Waals surface area contributed by atoms with Crippen LogP contribution in [0.5, 0.6) is 0 Å². The van der Waals surface area contributed by atoms with Crippen molar-refractivity contribution in [1.29, 1.82) is 0 Å². The summed E-state index contributed by atoms with van der Waals surface area (Å²) in [5.74, 6) is 0. The van der Waals surface area contributed by atoms with Gasteiger partial charge in [0, 0.05) is 0 Å². The number of benzene rings is 1. The monoisotopic (exact) mass is 184 g/mol. The molecule has 0 nitrogen and oxygen atoms in total. The van der Waals surface area contributed by atoms with Crippen LogP contribution in [0.15, 0.2) is 30.3 Å². The van der Waals surface area contributed by atoms with Crippen LogP contribution in [0.1, 0.15) is 0 Å². The Hall–Kier alpha value is 0.502. The third kappa shape index (κ3) is 13.1. The molecule has 0 saturated carbocycles. The third-order valence-corrected chi connectivity index (χ3v) is 0.800. The van der Waals surface area contributed by atoms with Crippen molar-refractivity contribution in [2.75, 3.05) is 0 Å². The Morgan fingerprint density at radius 1 is 1.00 bits per heavy atom. The first-order chi connectivity index (χ1) is 5.13. The Labute approximate surface area is 101 Å². The summed E-state index contributed by atoms with van der Waals surface area (Å²) >= 11 is 0. The second kappa shape index (κ2) is 9.59. The van der Waals surface area contributed by atoms with Crippen LogP contribution >= 0.6 is 0 Å². The molecule has 58 valence electrons. The van der Waals surface area contributed by atoms with Crippen LogP contribution in [0, 0.1) is 0 Å². The molecule has 2 radical (unpaired) electrons. The van der Waals surface area contributed by atoms with Gasteiger partial charge in [-0.3, -0.25) is 8.80 Å². The summed E-state index contributed by atoms with van der Waals surface area (Å²) in [6, 6.07) is 9.49. The Morgan fingerprint density at radius 2 is 1.33 bits per heavy atom. The molecule has 3 heteroatoms. The van der Waals surface area contributed by atoms with Crippen LogP contribution in [0.25, 0.3) is 0 Å². The molecule has 12 heavy (non-hydrogen) atoms. The molecule has 0 N–H and O–H groups in total. The van der Waals surface area contributed by atoms with Gasteiger partial charge in [0.15, 0.2) is 0 Å². The average Bonchev–Trinajstić information content (AvgIpc) is 1.87. The zero-order valence-corrected chi connectivity index (χ0v) is 11.5. The van der Waals surface area contributed by atoms with Crippen LogP contribution < -0.4 is 35.0 Å². The first-order valence-corrected chi connectivity index (χ1v) is 6.70. The molecule has 0 saturated heterocycles. The smallest absolute Gasteiger partial charge is 0.271 e.